The number of fused-ring (bicyclic) bond motifs is 1. The third kappa shape index (κ3) is 4.20. The van der Waals surface area contributed by atoms with Gasteiger partial charge in [-0.2, -0.15) is 0 Å². The summed E-state index contributed by atoms with van der Waals surface area (Å²) < 4.78 is 5.68. The molecule has 3 rings (SSSR count). The van der Waals surface area contributed by atoms with Gasteiger partial charge in [0.2, 0.25) is 0 Å². The van der Waals surface area contributed by atoms with Gasteiger partial charge in [-0.15, -0.1) is 11.3 Å². The monoisotopic (exact) mass is 370 g/mol. The summed E-state index contributed by atoms with van der Waals surface area (Å²) in [5.41, 5.74) is 6.34. The van der Waals surface area contributed by atoms with Crippen LogP contribution < -0.4 is 0 Å². The molecule has 0 amide bonds. The van der Waals surface area contributed by atoms with Crippen LogP contribution in [0, 0.1) is 13.8 Å². The van der Waals surface area contributed by atoms with Gasteiger partial charge in [-0.05, 0) is 78.8 Å². The SMILES string of the molecule is Cc1cc(C(C)(C)C)cc(C)c1COC(=O)c1cc2c(s1)CCCCC2. The Morgan fingerprint density at radius 3 is 2.35 bits per heavy atom. The van der Waals surface area contributed by atoms with Crippen LogP contribution in [0.4, 0.5) is 0 Å². The zero-order valence-electron chi connectivity index (χ0n) is 16.7. The predicted molar refractivity (Wildman–Crippen MR) is 109 cm³/mol. The molecule has 26 heavy (non-hydrogen) atoms. The van der Waals surface area contributed by atoms with E-state index in [-0.39, 0.29) is 11.4 Å². The highest BCUT2D eigenvalue weighted by atomic mass is 32.1. The first kappa shape index (κ1) is 19.2. The molecule has 0 unspecified atom stereocenters. The Bertz CT molecular complexity index is 762. The standard InChI is InChI=1S/C23H30O2S/c1-15-11-18(23(3,4)5)12-16(2)19(15)14-25-22(24)21-13-17-9-7-6-8-10-20(17)26-21/h11-13H,6-10,14H2,1-5H3. The lowest BCUT2D eigenvalue weighted by molar-refractivity contribution is 0.0477. The van der Waals surface area contributed by atoms with Crippen LogP contribution >= 0.6 is 11.3 Å². The quantitative estimate of drug-likeness (QED) is 0.469. The van der Waals surface area contributed by atoms with Crippen molar-refractivity contribution in [1.82, 2.24) is 0 Å². The molecule has 0 spiro atoms. The predicted octanol–water partition coefficient (Wildman–Crippen LogP) is 6.29. The number of carbonyl (C=O) groups is 1. The Labute approximate surface area is 161 Å². The van der Waals surface area contributed by atoms with Crippen molar-refractivity contribution in [2.45, 2.75) is 78.7 Å². The highest BCUT2D eigenvalue weighted by molar-refractivity contribution is 7.14. The molecule has 0 radical (unpaired) electrons. The fourth-order valence-electron chi connectivity index (χ4n) is 3.63. The molecular formula is C23H30O2S. The highest BCUT2D eigenvalue weighted by Crippen LogP contribution is 2.30. The summed E-state index contributed by atoms with van der Waals surface area (Å²) in [5.74, 6) is -0.179. The fourth-order valence-corrected chi connectivity index (χ4v) is 4.78. The molecule has 2 aromatic rings. The van der Waals surface area contributed by atoms with Crippen LogP contribution in [0.1, 0.15) is 82.4 Å². The number of benzene rings is 1. The first-order valence-corrected chi connectivity index (χ1v) is 10.5. The van der Waals surface area contributed by atoms with Gasteiger partial charge in [0.05, 0.1) is 0 Å². The van der Waals surface area contributed by atoms with Gasteiger partial charge in [0, 0.05) is 4.88 Å². The Balaban J connectivity index is 1.72. The van der Waals surface area contributed by atoms with Crippen molar-refractivity contribution >= 4 is 17.3 Å². The second kappa shape index (κ2) is 7.56. The lowest BCUT2D eigenvalue weighted by Gasteiger charge is -2.22. The first-order chi connectivity index (χ1) is 12.3. The zero-order chi connectivity index (χ0) is 18.9. The van der Waals surface area contributed by atoms with Gasteiger partial charge in [0.1, 0.15) is 11.5 Å². The minimum atomic E-state index is -0.179. The van der Waals surface area contributed by atoms with E-state index < -0.39 is 0 Å². The number of thiophene rings is 1. The highest BCUT2D eigenvalue weighted by Gasteiger charge is 2.19. The van der Waals surface area contributed by atoms with Gasteiger partial charge >= 0.3 is 5.97 Å². The first-order valence-electron chi connectivity index (χ1n) is 9.65. The summed E-state index contributed by atoms with van der Waals surface area (Å²) in [7, 11) is 0. The Kier molecular flexibility index (Phi) is 5.57. The molecule has 1 aromatic carbocycles. The number of hydrogen-bond donors (Lipinski definition) is 0. The molecule has 1 aromatic heterocycles. The summed E-state index contributed by atoms with van der Waals surface area (Å²) in [6.45, 7) is 11.2. The third-order valence-corrected chi connectivity index (χ3v) is 6.57. The summed E-state index contributed by atoms with van der Waals surface area (Å²) >= 11 is 1.63. The van der Waals surface area contributed by atoms with E-state index in [1.54, 1.807) is 11.3 Å². The molecule has 2 nitrogen and oxygen atoms in total. The molecule has 0 saturated carbocycles. The zero-order valence-corrected chi connectivity index (χ0v) is 17.5. The maximum absolute atomic E-state index is 12.6. The number of ether oxygens (including phenoxy) is 1. The van der Waals surface area contributed by atoms with Crippen molar-refractivity contribution in [2.24, 2.45) is 0 Å². The molecule has 0 N–H and O–H groups in total. The molecule has 140 valence electrons. The molecule has 1 aliphatic rings. The molecule has 0 fully saturated rings. The summed E-state index contributed by atoms with van der Waals surface area (Å²) in [6.07, 6.45) is 5.98. The normalized spacial score (nSPS) is 14.7. The average molecular weight is 371 g/mol. The molecule has 1 heterocycles. The number of aryl methyl sites for hydroxylation is 4. The minimum absolute atomic E-state index is 0.124. The number of carbonyl (C=O) groups excluding carboxylic acids is 1. The molecule has 0 saturated heterocycles. The Morgan fingerprint density at radius 2 is 1.69 bits per heavy atom. The van der Waals surface area contributed by atoms with Crippen molar-refractivity contribution in [3.8, 4) is 0 Å². The summed E-state index contributed by atoms with van der Waals surface area (Å²) in [4.78, 5) is 14.7. The maximum Gasteiger partial charge on any atom is 0.348 e. The molecular weight excluding hydrogens is 340 g/mol. The summed E-state index contributed by atoms with van der Waals surface area (Å²) in [5, 5.41) is 0. The molecule has 1 aliphatic carbocycles. The van der Waals surface area contributed by atoms with Crippen molar-refractivity contribution in [3.05, 3.63) is 55.8 Å². The van der Waals surface area contributed by atoms with Crippen LogP contribution in [0.3, 0.4) is 0 Å². The second-order valence-corrected chi connectivity index (χ2v) is 9.67. The average Bonchev–Trinajstić information content (AvgIpc) is 2.84. The lowest BCUT2D eigenvalue weighted by Crippen LogP contribution is -2.13. The van der Waals surface area contributed by atoms with E-state index in [2.05, 4.69) is 52.8 Å². The second-order valence-electron chi connectivity index (χ2n) is 8.53. The van der Waals surface area contributed by atoms with Gasteiger partial charge < -0.3 is 4.74 Å². The molecule has 0 atom stereocenters. The lowest BCUT2D eigenvalue weighted by atomic mass is 9.84. The van der Waals surface area contributed by atoms with E-state index in [9.17, 15) is 4.79 Å². The van der Waals surface area contributed by atoms with Gasteiger partial charge in [-0.3, -0.25) is 0 Å². The van der Waals surface area contributed by atoms with Crippen LogP contribution in [0.25, 0.3) is 0 Å². The molecule has 3 heteroatoms. The van der Waals surface area contributed by atoms with Crippen molar-refractivity contribution in [2.75, 3.05) is 0 Å². The molecule has 0 bridgehead atoms. The topological polar surface area (TPSA) is 26.3 Å². The van der Waals surface area contributed by atoms with Crippen LogP contribution in [0.5, 0.6) is 0 Å². The van der Waals surface area contributed by atoms with E-state index in [0.29, 0.717) is 6.61 Å². The number of esters is 1. The Hall–Kier alpha value is -1.61. The summed E-state index contributed by atoms with van der Waals surface area (Å²) in [6, 6.07) is 6.52. The van der Waals surface area contributed by atoms with Gasteiger partial charge in [-0.1, -0.05) is 39.3 Å². The van der Waals surface area contributed by atoms with E-state index in [1.807, 2.05) is 0 Å². The number of rotatable bonds is 3. The van der Waals surface area contributed by atoms with Gasteiger partial charge in [0.15, 0.2) is 0 Å². The van der Waals surface area contributed by atoms with Crippen LogP contribution in [0.2, 0.25) is 0 Å². The third-order valence-electron chi connectivity index (χ3n) is 5.36. The van der Waals surface area contributed by atoms with Gasteiger partial charge in [0.25, 0.3) is 0 Å². The number of hydrogen-bond acceptors (Lipinski definition) is 3. The van der Waals surface area contributed by atoms with E-state index in [4.69, 9.17) is 4.74 Å². The van der Waals surface area contributed by atoms with Crippen molar-refractivity contribution < 1.29 is 9.53 Å². The molecule has 0 aliphatic heterocycles. The van der Waals surface area contributed by atoms with Crippen LogP contribution in [-0.2, 0) is 29.6 Å². The van der Waals surface area contributed by atoms with Gasteiger partial charge in [-0.25, -0.2) is 4.79 Å². The van der Waals surface area contributed by atoms with Crippen molar-refractivity contribution in [3.63, 3.8) is 0 Å². The van der Waals surface area contributed by atoms with E-state index >= 15 is 0 Å². The van der Waals surface area contributed by atoms with Crippen LogP contribution in [0.15, 0.2) is 18.2 Å². The van der Waals surface area contributed by atoms with Crippen LogP contribution in [-0.4, -0.2) is 5.97 Å². The minimum Gasteiger partial charge on any atom is -0.457 e. The van der Waals surface area contributed by atoms with E-state index in [0.717, 1.165) is 23.3 Å². The van der Waals surface area contributed by atoms with E-state index in [1.165, 1.54) is 46.4 Å². The fraction of sp³-hybridized carbons (Fsp3) is 0.522. The Morgan fingerprint density at radius 1 is 1.04 bits per heavy atom. The largest absolute Gasteiger partial charge is 0.457 e. The van der Waals surface area contributed by atoms with Crippen molar-refractivity contribution in [1.29, 1.82) is 0 Å². The smallest absolute Gasteiger partial charge is 0.348 e. The maximum atomic E-state index is 12.6.